The number of amides is 5. The van der Waals surface area contributed by atoms with Gasteiger partial charge in [-0.2, -0.15) is 0 Å². The molecule has 13 heteroatoms. The first-order valence-corrected chi connectivity index (χ1v) is 18.5. The standard InChI is InChI=1S/C16H21N5O3.C6H13NO.C6H12.C5H7NO2.C4H10.CH4/c22-14(7-20-16(24)13-6-17-4-5-18-13)19-8-15(23)21-9-11-2-1-3-12(11)10-21;1-3-4-6(2)7-5-8;1-2-4-6-5-3-1;7-3-5(8)6-4-1-2-4;1-4(2)3;/h4-6,11-12H,1-3,7-10H2,(H,19,22)(H,20,24);5-6H,3-4H2,1-2H3,(H,7,8);1-6H2;3-4H,1-2H2,(H,6,8);4H,1-3H3;1H4. The molecule has 3 aliphatic carbocycles. The van der Waals surface area contributed by atoms with Gasteiger partial charge in [0.15, 0.2) is 0 Å². The monoisotopic (exact) mass is 718 g/mol. The molecule has 0 aromatic carbocycles. The van der Waals surface area contributed by atoms with Crippen LogP contribution < -0.4 is 21.3 Å². The molecule has 290 valence electrons. The van der Waals surface area contributed by atoms with Gasteiger partial charge in [0.25, 0.3) is 11.8 Å². The molecule has 2 heterocycles. The van der Waals surface area contributed by atoms with E-state index in [1.54, 1.807) is 0 Å². The third-order valence-electron chi connectivity index (χ3n) is 8.33. The summed E-state index contributed by atoms with van der Waals surface area (Å²) in [5.41, 5.74) is 0.144. The molecule has 0 bridgehead atoms. The lowest BCUT2D eigenvalue weighted by atomic mass is 10.0. The topological polar surface area (TPSA) is 180 Å². The van der Waals surface area contributed by atoms with Crippen molar-refractivity contribution in [3.05, 3.63) is 24.3 Å². The summed E-state index contributed by atoms with van der Waals surface area (Å²) >= 11 is 0. The number of rotatable bonds is 11. The first-order chi connectivity index (χ1) is 24.0. The number of nitrogens with one attached hydrogen (secondary N) is 4. The minimum absolute atomic E-state index is 0. The average molecular weight is 718 g/mol. The molecule has 5 amide bonds. The van der Waals surface area contributed by atoms with Crippen LogP contribution in [0.2, 0.25) is 0 Å². The van der Waals surface area contributed by atoms with Gasteiger partial charge in [0.2, 0.25) is 24.5 Å². The minimum Gasteiger partial charge on any atom is -0.356 e. The predicted octanol–water partition coefficient (Wildman–Crippen LogP) is 4.61. The Kier molecular flexibility index (Phi) is 26.6. The fraction of sp³-hybridized carbons (Fsp3) is 0.737. The Balaban J connectivity index is 0.000000754. The van der Waals surface area contributed by atoms with Gasteiger partial charge >= 0.3 is 0 Å². The molecule has 4 fully saturated rings. The number of aldehydes is 1. The Morgan fingerprint density at radius 1 is 0.843 bits per heavy atom. The molecular weight excluding hydrogens is 650 g/mol. The summed E-state index contributed by atoms with van der Waals surface area (Å²) < 4.78 is 0. The lowest BCUT2D eigenvalue weighted by molar-refractivity contribution is -0.132. The highest BCUT2D eigenvalue weighted by Gasteiger charge is 2.37. The molecule has 1 aromatic heterocycles. The lowest BCUT2D eigenvalue weighted by Gasteiger charge is -2.17. The van der Waals surface area contributed by atoms with E-state index in [4.69, 9.17) is 0 Å². The van der Waals surface area contributed by atoms with Crippen molar-refractivity contribution in [3.63, 3.8) is 0 Å². The van der Waals surface area contributed by atoms with E-state index < -0.39 is 17.7 Å². The maximum Gasteiger partial charge on any atom is 0.284 e. The molecular formula is C38H67N7O6. The van der Waals surface area contributed by atoms with Crippen molar-refractivity contribution in [2.24, 2.45) is 17.8 Å². The molecule has 0 spiro atoms. The molecule has 1 aliphatic heterocycles. The van der Waals surface area contributed by atoms with Crippen LogP contribution in [0.4, 0.5) is 0 Å². The Bertz CT molecular complexity index is 1100. The Hall–Kier alpha value is -3.90. The molecule has 3 unspecified atom stereocenters. The van der Waals surface area contributed by atoms with E-state index >= 15 is 0 Å². The number of likely N-dealkylation sites (tertiary alicyclic amines) is 1. The third kappa shape index (κ3) is 24.0. The molecule has 4 N–H and O–H groups in total. The van der Waals surface area contributed by atoms with Gasteiger partial charge in [0, 0.05) is 37.6 Å². The quantitative estimate of drug-likeness (QED) is 0.189. The molecule has 3 atom stereocenters. The summed E-state index contributed by atoms with van der Waals surface area (Å²) in [5, 5.41) is 10.2. The first kappa shape index (κ1) is 47.1. The lowest BCUT2D eigenvalue weighted by Crippen LogP contribution is -2.43. The van der Waals surface area contributed by atoms with Crippen molar-refractivity contribution in [2.45, 2.75) is 138 Å². The van der Waals surface area contributed by atoms with Gasteiger partial charge in [0.05, 0.1) is 19.3 Å². The second-order valence-corrected chi connectivity index (χ2v) is 14.0. The summed E-state index contributed by atoms with van der Waals surface area (Å²) in [6.45, 7) is 12.0. The number of aromatic nitrogens is 2. The van der Waals surface area contributed by atoms with E-state index in [9.17, 15) is 28.8 Å². The zero-order chi connectivity index (χ0) is 37.1. The normalized spacial score (nSPS) is 18.7. The van der Waals surface area contributed by atoms with Crippen LogP contribution in [0.5, 0.6) is 0 Å². The number of carbonyl (C=O) groups excluding carboxylic acids is 6. The van der Waals surface area contributed by atoms with E-state index in [1.807, 2.05) is 11.8 Å². The van der Waals surface area contributed by atoms with Crippen molar-refractivity contribution in [3.8, 4) is 0 Å². The van der Waals surface area contributed by atoms with Crippen LogP contribution in [0.25, 0.3) is 0 Å². The van der Waals surface area contributed by atoms with Crippen LogP contribution in [0.3, 0.4) is 0 Å². The zero-order valence-corrected chi connectivity index (χ0v) is 31.1. The fourth-order valence-corrected chi connectivity index (χ4v) is 5.61. The predicted molar refractivity (Wildman–Crippen MR) is 201 cm³/mol. The van der Waals surface area contributed by atoms with Gasteiger partial charge in [0.1, 0.15) is 5.69 Å². The number of hydrogen-bond acceptors (Lipinski definition) is 8. The smallest absolute Gasteiger partial charge is 0.284 e. The van der Waals surface area contributed by atoms with Crippen molar-refractivity contribution in [1.82, 2.24) is 36.1 Å². The zero-order valence-electron chi connectivity index (χ0n) is 31.1. The number of fused-ring (bicyclic) bond motifs is 1. The molecule has 0 radical (unpaired) electrons. The number of nitrogens with zero attached hydrogens (tertiary/aromatic N) is 3. The molecule has 1 aromatic rings. The largest absolute Gasteiger partial charge is 0.356 e. The summed E-state index contributed by atoms with van der Waals surface area (Å²) in [4.78, 5) is 74.7. The summed E-state index contributed by atoms with van der Waals surface area (Å²) in [6, 6.07) is 0.644. The first-order valence-electron chi connectivity index (χ1n) is 18.5. The summed E-state index contributed by atoms with van der Waals surface area (Å²) in [7, 11) is 0. The highest BCUT2D eigenvalue weighted by atomic mass is 16.2. The minimum atomic E-state index is -0.493. The Labute approximate surface area is 306 Å². The van der Waals surface area contributed by atoms with Gasteiger partial charge in [-0.1, -0.05) is 86.5 Å². The molecule has 3 saturated carbocycles. The van der Waals surface area contributed by atoms with Crippen LogP contribution in [-0.2, 0) is 24.0 Å². The second kappa shape index (κ2) is 28.8. The van der Waals surface area contributed by atoms with Crippen molar-refractivity contribution < 1.29 is 28.8 Å². The summed E-state index contributed by atoms with van der Waals surface area (Å²) in [5.74, 6) is 0.675. The molecule has 51 heavy (non-hydrogen) atoms. The van der Waals surface area contributed by atoms with Crippen molar-refractivity contribution in [1.29, 1.82) is 0 Å². The fourth-order valence-electron chi connectivity index (χ4n) is 5.61. The van der Waals surface area contributed by atoms with Crippen LogP contribution in [0.15, 0.2) is 18.6 Å². The van der Waals surface area contributed by atoms with E-state index in [-0.39, 0.29) is 32.1 Å². The van der Waals surface area contributed by atoms with E-state index in [2.05, 4.69) is 58.9 Å². The van der Waals surface area contributed by atoms with Crippen molar-refractivity contribution >= 4 is 36.3 Å². The van der Waals surface area contributed by atoms with E-state index in [1.165, 1.54) is 76.4 Å². The molecule has 4 aliphatic rings. The van der Waals surface area contributed by atoms with Gasteiger partial charge in [-0.25, -0.2) is 4.98 Å². The molecule has 5 rings (SSSR count). The van der Waals surface area contributed by atoms with Gasteiger partial charge in [-0.05, 0) is 56.8 Å². The van der Waals surface area contributed by atoms with Crippen LogP contribution in [-0.4, -0.2) is 89.5 Å². The van der Waals surface area contributed by atoms with Crippen LogP contribution in [0.1, 0.15) is 136 Å². The second-order valence-electron chi connectivity index (χ2n) is 14.0. The van der Waals surface area contributed by atoms with E-state index in [0.29, 0.717) is 30.2 Å². The molecule has 13 nitrogen and oxygen atoms in total. The van der Waals surface area contributed by atoms with Crippen LogP contribution >= 0.6 is 0 Å². The van der Waals surface area contributed by atoms with E-state index in [0.717, 1.165) is 51.1 Å². The number of hydrogen-bond donors (Lipinski definition) is 4. The van der Waals surface area contributed by atoms with Gasteiger partial charge in [-0.3, -0.25) is 33.8 Å². The maximum atomic E-state index is 12.1. The SMILES string of the molecule is C.C1CCCCC1.CC(C)C.CCCC(C)NC=O.O=C(CNC(=O)c1cnccn1)NCC(=O)N1CC2CCCC2C1.O=CC(=O)NC1CC1. The molecule has 1 saturated heterocycles. The highest BCUT2D eigenvalue weighted by molar-refractivity contribution is 6.23. The highest BCUT2D eigenvalue weighted by Crippen LogP contribution is 2.37. The number of carbonyl (C=O) groups is 6. The van der Waals surface area contributed by atoms with Gasteiger partial charge in [-0.15, -0.1) is 0 Å². The van der Waals surface area contributed by atoms with Crippen molar-refractivity contribution in [2.75, 3.05) is 26.2 Å². The maximum absolute atomic E-state index is 12.1. The summed E-state index contributed by atoms with van der Waals surface area (Å²) in [6.07, 6.45) is 22.2. The average Bonchev–Trinajstić information content (AvgIpc) is 3.66. The Morgan fingerprint density at radius 2 is 1.41 bits per heavy atom. The third-order valence-corrected chi connectivity index (χ3v) is 8.33. The van der Waals surface area contributed by atoms with Gasteiger partial charge < -0.3 is 26.2 Å². The Morgan fingerprint density at radius 3 is 1.86 bits per heavy atom. The van der Waals surface area contributed by atoms with Crippen LogP contribution in [0, 0.1) is 17.8 Å².